The molecule has 0 aliphatic heterocycles. The number of aromatic amines is 1. The molecule has 2 aromatic carbocycles. The van der Waals surface area contributed by atoms with E-state index in [1.807, 2.05) is 25.1 Å². The molecule has 0 bridgehead atoms. The van der Waals surface area contributed by atoms with Gasteiger partial charge in [-0.2, -0.15) is 18.3 Å². The van der Waals surface area contributed by atoms with E-state index in [-0.39, 0.29) is 16.9 Å². The zero-order chi connectivity index (χ0) is 26.7. The van der Waals surface area contributed by atoms with Crippen molar-refractivity contribution < 1.29 is 18.0 Å². The third-order valence-corrected chi connectivity index (χ3v) is 5.77. The molecule has 0 aliphatic rings. The van der Waals surface area contributed by atoms with Crippen LogP contribution in [0.4, 0.5) is 24.5 Å². The monoisotopic (exact) mass is 506 g/mol. The molecule has 37 heavy (non-hydrogen) atoms. The number of alkyl halides is 3. The van der Waals surface area contributed by atoms with Crippen molar-refractivity contribution in [2.75, 3.05) is 19.4 Å². The molecule has 7 nitrogen and oxygen atoms in total. The van der Waals surface area contributed by atoms with Crippen LogP contribution in [-0.2, 0) is 6.18 Å². The molecule has 4 aromatic rings. The number of carbonyl (C=O) groups excluding carboxylic acids is 1. The fourth-order valence-corrected chi connectivity index (χ4v) is 3.58. The molecule has 2 heterocycles. The van der Waals surface area contributed by atoms with E-state index in [2.05, 4.69) is 25.5 Å². The highest BCUT2D eigenvalue weighted by molar-refractivity contribution is 6.05. The highest BCUT2D eigenvalue weighted by Gasteiger charge is 2.31. The molecule has 4 rings (SSSR count). The van der Waals surface area contributed by atoms with Crippen LogP contribution in [-0.4, -0.2) is 45.9 Å². The summed E-state index contributed by atoms with van der Waals surface area (Å²) in [5, 5.41) is 9.91. The van der Waals surface area contributed by atoms with Crippen LogP contribution in [0.15, 0.2) is 72.0 Å². The summed E-state index contributed by atoms with van der Waals surface area (Å²) in [5.41, 5.74) is 3.32. The number of aliphatic imine (C=N–C) groups is 1. The van der Waals surface area contributed by atoms with Crippen LogP contribution in [0.5, 0.6) is 0 Å². The van der Waals surface area contributed by atoms with E-state index < -0.39 is 17.6 Å². The summed E-state index contributed by atoms with van der Waals surface area (Å²) in [5.74, 6) is -0.0307. The Morgan fingerprint density at radius 3 is 2.54 bits per heavy atom. The second-order valence-electron chi connectivity index (χ2n) is 8.71. The van der Waals surface area contributed by atoms with Gasteiger partial charge in [-0.05, 0) is 67.9 Å². The van der Waals surface area contributed by atoms with Crippen molar-refractivity contribution in [3.8, 4) is 22.5 Å². The van der Waals surface area contributed by atoms with Gasteiger partial charge in [-0.1, -0.05) is 6.07 Å². The average molecular weight is 507 g/mol. The number of pyridine rings is 1. The maximum absolute atomic E-state index is 13.5. The van der Waals surface area contributed by atoms with E-state index in [9.17, 15) is 18.0 Å². The van der Waals surface area contributed by atoms with Crippen molar-refractivity contribution in [1.82, 2.24) is 20.1 Å². The van der Waals surface area contributed by atoms with Crippen molar-refractivity contribution in [1.29, 1.82) is 0 Å². The number of H-pyrrole nitrogens is 1. The molecule has 0 spiro atoms. The van der Waals surface area contributed by atoms with Gasteiger partial charge in [-0.3, -0.25) is 14.9 Å². The summed E-state index contributed by atoms with van der Waals surface area (Å²) < 4.78 is 40.6. The summed E-state index contributed by atoms with van der Waals surface area (Å²) in [6.45, 7) is 3.58. The molecule has 0 aliphatic carbocycles. The summed E-state index contributed by atoms with van der Waals surface area (Å²) >= 11 is 0. The lowest BCUT2D eigenvalue weighted by Gasteiger charge is -2.14. The number of hydrogen-bond donors (Lipinski definition) is 2. The van der Waals surface area contributed by atoms with E-state index in [4.69, 9.17) is 0 Å². The molecule has 10 heteroatoms. The van der Waals surface area contributed by atoms with E-state index in [0.29, 0.717) is 17.2 Å². The van der Waals surface area contributed by atoms with Gasteiger partial charge in [-0.15, -0.1) is 0 Å². The second-order valence-corrected chi connectivity index (χ2v) is 8.71. The number of amides is 1. The van der Waals surface area contributed by atoms with E-state index in [1.165, 1.54) is 6.07 Å². The van der Waals surface area contributed by atoms with Gasteiger partial charge in [0.1, 0.15) is 5.84 Å². The number of nitrogens with zero attached hydrogens (tertiary/aromatic N) is 4. The summed E-state index contributed by atoms with van der Waals surface area (Å²) in [4.78, 5) is 23.1. The first-order valence-electron chi connectivity index (χ1n) is 11.3. The Balaban J connectivity index is 1.64. The number of hydrogen-bond acceptors (Lipinski definition) is 4. The smallest absolute Gasteiger partial charge is 0.366 e. The van der Waals surface area contributed by atoms with Gasteiger partial charge in [-0.25, -0.2) is 4.99 Å². The number of carbonyl (C=O) groups is 1. The predicted molar refractivity (Wildman–Crippen MR) is 138 cm³/mol. The first kappa shape index (κ1) is 25.6. The maximum atomic E-state index is 13.5. The zero-order valence-corrected chi connectivity index (χ0v) is 20.7. The lowest BCUT2D eigenvalue weighted by molar-refractivity contribution is -0.137. The molecule has 190 valence electrons. The molecule has 0 atom stereocenters. The summed E-state index contributed by atoms with van der Waals surface area (Å²) in [6, 6.07) is 13.9. The van der Waals surface area contributed by atoms with Gasteiger partial charge in [0.2, 0.25) is 0 Å². The molecular weight excluding hydrogens is 481 g/mol. The lowest BCUT2D eigenvalue weighted by Crippen LogP contribution is -2.18. The van der Waals surface area contributed by atoms with Crippen LogP contribution < -0.4 is 5.32 Å². The Hall–Kier alpha value is -4.47. The number of aromatic nitrogens is 3. The van der Waals surface area contributed by atoms with Gasteiger partial charge in [0.05, 0.1) is 22.6 Å². The Morgan fingerprint density at radius 1 is 1.08 bits per heavy atom. The third kappa shape index (κ3) is 6.03. The number of halogens is 3. The van der Waals surface area contributed by atoms with Crippen molar-refractivity contribution in [3.63, 3.8) is 0 Å². The summed E-state index contributed by atoms with van der Waals surface area (Å²) in [6.07, 6.45) is -1.23. The predicted octanol–water partition coefficient (Wildman–Crippen LogP) is 6.33. The highest BCUT2D eigenvalue weighted by atomic mass is 19.4. The molecule has 0 radical (unpaired) electrons. The number of anilines is 1. The number of aryl methyl sites for hydroxylation is 1. The van der Waals surface area contributed by atoms with Gasteiger partial charge in [0, 0.05) is 48.9 Å². The lowest BCUT2D eigenvalue weighted by atomic mass is 10.0. The quantitative estimate of drug-likeness (QED) is 0.245. The minimum absolute atomic E-state index is 0.00680. The minimum atomic E-state index is -4.60. The standard InChI is InChI=1S/C27H25F3N6O/c1-16-7-8-18(10-23(16)25-14-24(34-35-25)19-6-5-9-31-15-19)26(37)33-22-12-20(27(28,29)30)11-21(13-22)32-17(2)36(3)4/h5-15H,1-4H3,(H,33,37)(H,34,35). The first-order chi connectivity index (χ1) is 17.5. The van der Waals surface area contributed by atoms with E-state index in [1.54, 1.807) is 56.5 Å². The van der Waals surface area contributed by atoms with Crippen LogP contribution in [0.1, 0.15) is 28.4 Å². The number of benzene rings is 2. The van der Waals surface area contributed by atoms with Gasteiger partial charge < -0.3 is 10.2 Å². The first-order valence-corrected chi connectivity index (χ1v) is 11.3. The maximum Gasteiger partial charge on any atom is 0.416 e. The van der Waals surface area contributed by atoms with Gasteiger partial charge >= 0.3 is 6.18 Å². The normalized spacial score (nSPS) is 11.9. The van der Waals surface area contributed by atoms with Gasteiger partial charge in [0.15, 0.2) is 0 Å². The minimum Gasteiger partial charge on any atom is -0.366 e. The zero-order valence-electron chi connectivity index (χ0n) is 20.7. The van der Waals surface area contributed by atoms with Crippen molar-refractivity contribution in [3.05, 3.63) is 83.7 Å². The van der Waals surface area contributed by atoms with Crippen molar-refractivity contribution in [2.45, 2.75) is 20.0 Å². The Labute approximate surface area is 212 Å². The Morgan fingerprint density at radius 2 is 1.86 bits per heavy atom. The van der Waals surface area contributed by atoms with Crippen molar-refractivity contribution in [2.24, 2.45) is 4.99 Å². The molecule has 2 aromatic heterocycles. The highest BCUT2D eigenvalue weighted by Crippen LogP contribution is 2.35. The molecule has 0 saturated heterocycles. The summed E-state index contributed by atoms with van der Waals surface area (Å²) in [7, 11) is 3.48. The van der Waals surface area contributed by atoms with Crippen LogP contribution >= 0.6 is 0 Å². The van der Waals surface area contributed by atoms with Gasteiger partial charge in [0.25, 0.3) is 5.91 Å². The number of rotatable bonds is 5. The number of amidine groups is 1. The SMILES string of the molecule is CC(=Nc1cc(NC(=O)c2ccc(C)c(-c3cc(-c4cccnc4)n[nH]3)c2)cc(C(F)(F)F)c1)N(C)C. The largest absolute Gasteiger partial charge is 0.416 e. The fraction of sp³-hybridized carbons (Fsp3) is 0.185. The Kier molecular flexibility index (Phi) is 7.10. The molecular formula is C27H25F3N6O. The molecule has 1 amide bonds. The van der Waals surface area contributed by atoms with Crippen LogP contribution in [0.25, 0.3) is 22.5 Å². The van der Waals surface area contributed by atoms with E-state index >= 15 is 0 Å². The number of nitrogens with one attached hydrogen (secondary N) is 2. The van der Waals surface area contributed by atoms with Crippen LogP contribution in [0.3, 0.4) is 0 Å². The van der Waals surface area contributed by atoms with E-state index in [0.717, 1.165) is 28.8 Å². The van der Waals surface area contributed by atoms with Crippen LogP contribution in [0.2, 0.25) is 0 Å². The van der Waals surface area contributed by atoms with Crippen molar-refractivity contribution >= 4 is 23.1 Å². The topological polar surface area (TPSA) is 86.3 Å². The molecule has 0 unspecified atom stereocenters. The van der Waals surface area contributed by atoms with Crippen LogP contribution in [0, 0.1) is 6.92 Å². The fourth-order valence-electron chi connectivity index (χ4n) is 3.58. The second kappa shape index (κ2) is 10.3. The molecule has 0 fully saturated rings. The molecule has 2 N–H and O–H groups in total. The third-order valence-electron chi connectivity index (χ3n) is 5.77. The molecule has 0 saturated carbocycles. The Bertz CT molecular complexity index is 1460. The average Bonchev–Trinajstić information content (AvgIpc) is 3.34.